The van der Waals surface area contributed by atoms with Crippen LogP contribution in [0.4, 0.5) is 5.69 Å². The number of fused-ring (bicyclic) bond motifs is 1. The summed E-state index contributed by atoms with van der Waals surface area (Å²) in [6.07, 6.45) is 1.21. The lowest BCUT2D eigenvalue weighted by Crippen LogP contribution is -2.16. The van der Waals surface area contributed by atoms with Crippen LogP contribution in [0, 0.1) is 0 Å². The third-order valence-electron chi connectivity index (χ3n) is 2.60. The Morgan fingerprint density at radius 1 is 1.29 bits per heavy atom. The fraction of sp³-hybridized carbons (Fsp3) is 0.182. The van der Waals surface area contributed by atoms with E-state index in [9.17, 15) is 8.42 Å². The Balaban J connectivity index is 1.94. The topological polar surface area (TPSA) is 77.5 Å². The Morgan fingerprint density at radius 2 is 1.95 bits per heavy atom. The van der Waals surface area contributed by atoms with Gasteiger partial charge in [0.15, 0.2) is 20.2 Å². The van der Waals surface area contributed by atoms with Crippen LogP contribution in [-0.4, -0.2) is 26.6 Å². The summed E-state index contributed by atoms with van der Waals surface area (Å²) >= 11 is 9.85. The highest BCUT2D eigenvalue weighted by Crippen LogP contribution is 2.39. The molecule has 112 valence electrons. The summed E-state index contributed by atoms with van der Waals surface area (Å²) in [7, 11) is -3.75. The van der Waals surface area contributed by atoms with E-state index in [0.717, 1.165) is 11.3 Å². The molecule has 2 aromatic rings. The number of nitrogens with one attached hydrogen (secondary N) is 1. The molecule has 0 saturated heterocycles. The Labute approximate surface area is 138 Å². The van der Waals surface area contributed by atoms with E-state index < -0.39 is 10.0 Å². The monoisotopic (exact) mass is 410 g/mol. The molecular weight excluding hydrogens is 404 g/mol. The molecule has 0 amide bonds. The number of anilines is 1. The maximum absolute atomic E-state index is 12.2. The normalized spacial score (nSPS) is 14.0. The third kappa shape index (κ3) is 3.10. The van der Waals surface area contributed by atoms with Gasteiger partial charge < -0.3 is 9.47 Å². The summed E-state index contributed by atoms with van der Waals surface area (Å²) < 4.78 is 38.6. The average molecular weight is 412 g/mol. The summed E-state index contributed by atoms with van der Waals surface area (Å²) in [6.45, 7) is 0.884. The molecule has 0 bridgehead atoms. The minimum absolute atomic E-state index is 0.0364. The molecule has 1 aliphatic rings. The number of aromatic nitrogens is 1. The van der Waals surface area contributed by atoms with Crippen molar-refractivity contribution < 1.29 is 17.9 Å². The maximum Gasteiger partial charge on any atom is 0.273 e. The van der Waals surface area contributed by atoms with Gasteiger partial charge in [0.2, 0.25) is 0 Å². The van der Waals surface area contributed by atoms with Crippen molar-refractivity contribution in [2.24, 2.45) is 0 Å². The second-order valence-electron chi connectivity index (χ2n) is 4.01. The van der Waals surface area contributed by atoms with E-state index in [-0.39, 0.29) is 8.68 Å². The minimum atomic E-state index is -3.75. The minimum Gasteiger partial charge on any atom is -0.486 e. The largest absolute Gasteiger partial charge is 0.486 e. The van der Waals surface area contributed by atoms with Crippen LogP contribution in [0.25, 0.3) is 0 Å². The average Bonchev–Trinajstić information content (AvgIpc) is 2.87. The van der Waals surface area contributed by atoms with E-state index >= 15 is 0 Å². The van der Waals surface area contributed by atoms with E-state index in [1.807, 2.05) is 0 Å². The van der Waals surface area contributed by atoms with Gasteiger partial charge in [0.25, 0.3) is 10.0 Å². The van der Waals surface area contributed by atoms with Crippen LogP contribution in [0.1, 0.15) is 0 Å². The first-order chi connectivity index (χ1) is 9.95. The summed E-state index contributed by atoms with van der Waals surface area (Å²) in [5, 5.41) is 0. The van der Waals surface area contributed by atoms with Crippen molar-refractivity contribution >= 4 is 54.6 Å². The summed E-state index contributed by atoms with van der Waals surface area (Å²) in [5.41, 5.74) is 0.351. The van der Waals surface area contributed by atoms with Crippen LogP contribution in [-0.2, 0) is 10.0 Å². The zero-order valence-electron chi connectivity index (χ0n) is 10.3. The predicted octanol–water partition coefficient (Wildman–Crippen LogP) is 3.13. The van der Waals surface area contributed by atoms with Crippen molar-refractivity contribution in [3.63, 3.8) is 0 Å². The second-order valence-corrected chi connectivity index (χ2v) is 8.39. The van der Waals surface area contributed by atoms with Gasteiger partial charge >= 0.3 is 0 Å². The molecule has 0 radical (unpaired) electrons. The summed E-state index contributed by atoms with van der Waals surface area (Å²) in [6, 6.07) is 3.23. The molecular formula is C11H8BrClN2O4S2. The van der Waals surface area contributed by atoms with Crippen LogP contribution in [0.2, 0.25) is 4.47 Å². The highest BCUT2D eigenvalue weighted by Gasteiger charge is 2.21. The van der Waals surface area contributed by atoms with Gasteiger partial charge in [-0.3, -0.25) is 4.72 Å². The van der Waals surface area contributed by atoms with Crippen molar-refractivity contribution in [3.8, 4) is 11.5 Å². The van der Waals surface area contributed by atoms with Crippen LogP contribution in [0.15, 0.2) is 27.0 Å². The molecule has 6 nitrogen and oxygen atoms in total. The molecule has 1 aliphatic heterocycles. The Bertz CT molecular complexity index is 794. The molecule has 0 aliphatic carbocycles. The molecule has 0 fully saturated rings. The van der Waals surface area contributed by atoms with Gasteiger partial charge in [0, 0.05) is 16.6 Å². The first kappa shape index (κ1) is 14.9. The van der Waals surface area contributed by atoms with Crippen LogP contribution in [0.3, 0.4) is 0 Å². The molecule has 10 heteroatoms. The molecule has 1 aromatic heterocycles. The van der Waals surface area contributed by atoms with E-state index in [4.69, 9.17) is 21.1 Å². The van der Waals surface area contributed by atoms with Crippen molar-refractivity contribution in [1.29, 1.82) is 0 Å². The lowest BCUT2D eigenvalue weighted by Gasteiger charge is -2.20. The van der Waals surface area contributed by atoms with Gasteiger partial charge in [-0.05, 0) is 15.9 Å². The number of halogens is 2. The lowest BCUT2D eigenvalue weighted by atomic mass is 10.2. The zero-order chi connectivity index (χ0) is 15.0. The van der Waals surface area contributed by atoms with E-state index in [1.165, 1.54) is 6.20 Å². The number of hydrogen-bond acceptors (Lipinski definition) is 6. The smallest absolute Gasteiger partial charge is 0.273 e. The number of thiazole rings is 1. The summed E-state index contributed by atoms with van der Waals surface area (Å²) in [4.78, 5) is 3.73. The molecule has 1 aromatic carbocycles. The van der Waals surface area contributed by atoms with Gasteiger partial charge in [-0.2, -0.15) is 0 Å². The second kappa shape index (κ2) is 5.64. The van der Waals surface area contributed by atoms with Crippen molar-refractivity contribution in [2.45, 2.75) is 4.21 Å². The highest BCUT2D eigenvalue weighted by molar-refractivity contribution is 9.10. The Morgan fingerprint density at radius 3 is 2.57 bits per heavy atom. The number of sulfonamides is 1. The Hall–Kier alpha value is -1.03. The van der Waals surface area contributed by atoms with Crippen LogP contribution < -0.4 is 14.2 Å². The van der Waals surface area contributed by atoms with E-state index in [0.29, 0.717) is 34.9 Å². The maximum atomic E-state index is 12.2. The highest BCUT2D eigenvalue weighted by atomic mass is 79.9. The lowest BCUT2D eigenvalue weighted by molar-refractivity contribution is 0.171. The SMILES string of the molecule is O=S(=O)(Nc1cc2c(cc1Br)OCCO2)c1cnc(Cl)s1. The number of rotatable bonds is 3. The first-order valence-electron chi connectivity index (χ1n) is 5.69. The van der Waals surface area contributed by atoms with Gasteiger partial charge in [-0.1, -0.05) is 22.9 Å². The molecule has 0 saturated carbocycles. The molecule has 2 heterocycles. The molecule has 21 heavy (non-hydrogen) atoms. The summed E-state index contributed by atoms with van der Waals surface area (Å²) in [5.74, 6) is 1.06. The van der Waals surface area contributed by atoms with E-state index in [2.05, 4.69) is 25.6 Å². The predicted molar refractivity (Wildman–Crippen MR) is 83.1 cm³/mol. The fourth-order valence-electron chi connectivity index (χ4n) is 1.70. The number of ether oxygens (including phenoxy) is 2. The number of benzene rings is 1. The Kier molecular flexibility index (Phi) is 4.00. The molecule has 0 spiro atoms. The first-order valence-corrected chi connectivity index (χ1v) is 9.16. The zero-order valence-corrected chi connectivity index (χ0v) is 14.3. The van der Waals surface area contributed by atoms with Gasteiger partial charge in [-0.25, -0.2) is 13.4 Å². The quantitative estimate of drug-likeness (QED) is 0.839. The van der Waals surface area contributed by atoms with Crippen molar-refractivity contribution in [2.75, 3.05) is 17.9 Å². The van der Waals surface area contributed by atoms with Crippen LogP contribution in [0.5, 0.6) is 11.5 Å². The molecule has 3 rings (SSSR count). The van der Waals surface area contributed by atoms with Crippen LogP contribution >= 0.6 is 38.9 Å². The third-order valence-corrected chi connectivity index (χ3v) is 6.19. The molecule has 0 unspecified atom stereocenters. The van der Waals surface area contributed by atoms with E-state index in [1.54, 1.807) is 12.1 Å². The standard InChI is InChI=1S/C11H8BrClN2O4S2/c12-6-3-8-9(19-2-1-18-8)4-7(6)15-21(16,17)10-5-14-11(13)20-10/h3-5,15H,1-2H2. The van der Waals surface area contributed by atoms with Gasteiger partial charge in [0.05, 0.1) is 11.9 Å². The van der Waals surface area contributed by atoms with Gasteiger partial charge in [0.1, 0.15) is 13.2 Å². The number of hydrogen-bond donors (Lipinski definition) is 1. The molecule has 1 N–H and O–H groups in total. The molecule has 0 atom stereocenters. The fourth-order valence-corrected chi connectivity index (χ4v) is 4.62. The van der Waals surface area contributed by atoms with Gasteiger partial charge in [-0.15, -0.1) is 0 Å². The van der Waals surface area contributed by atoms with Crippen molar-refractivity contribution in [3.05, 3.63) is 27.3 Å². The van der Waals surface area contributed by atoms with Crippen molar-refractivity contribution in [1.82, 2.24) is 4.98 Å². The number of nitrogens with zero attached hydrogens (tertiary/aromatic N) is 1.